The van der Waals surface area contributed by atoms with Crippen molar-refractivity contribution in [3.8, 4) is 0 Å². The monoisotopic (exact) mass is 245 g/mol. The van der Waals surface area contributed by atoms with Crippen LogP contribution in [0.25, 0.3) is 0 Å². The molecule has 0 radical (unpaired) electrons. The normalized spacial score (nSPS) is 10.3. The molecule has 0 atom stereocenters. The van der Waals surface area contributed by atoms with Gasteiger partial charge in [0.05, 0.1) is 10.0 Å². The number of carbonyl (C=O) groups is 1. The summed E-state index contributed by atoms with van der Waals surface area (Å²) in [5, 5.41) is 0.959. The first-order valence-corrected chi connectivity index (χ1v) is 5.55. The van der Waals surface area contributed by atoms with E-state index in [-0.39, 0.29) is 5.78 Å². The molecule has 0 saturated carbocycles. The number of hydrogen-bond acceptors (Lipinski definition) is 2. The van der Waals surface area contributed by atoms with E-state index >= 15 is 0 Å². The van der Waals surface area contributed by atoms with Crippen molar-refractivity contribution >= 4 is 29.0 Å². The molecule has 0 aliphatic carbocycles. The standard InChI is InChI=1S/C11H13Cl2NO/c12-10-5-1-3-8(11(10)13)7-9(15)4-2-6-14/h1,3,5H,2,4,6-7,14H2. The van der Waals surface area contributed by atoms with Gasteiger partial charge in [-0.3, -0.25) is 4.79 Å². The second kappa shape index (κ2) is 6.11. The third-order valence-electron chi connectivity index (χ3n) is 2.08. The van der Waals surface area contributed by atoms with Crippen LogP contribution in [0.15, 0.2) is 18.2 Å². The zero-order valence-electron chi connectivity index (χ0n) is 8.30. The summed E-state index contributed by atoms with van der Waals surface area (Å²) in [7, 11) is 0. The molecule has 4 heteroatoms. The number of benzene rings is 1. The Hall–Kier alpha value is -0.570. The average Bonchev–Trinajstić information content (AvgIpc) is 2.22. The molecular formula is C11H13Cl2NO. The van der Waals surface area contributed by atoms with Crippen molar-refractivity contribution in [3.05, 3.63) is 33.8 Å². The minimum atomic E-state index is 0.143. The molecule has 1 rings (SSSR count). The van der Waals surface area contributed by atoms with E-state index in [2.05, 4.69) is 0 Å². The molecule has 0 unspecified atom stereocenters. The van der Waals surface area contributed by atoms with Gasteiger partial charge in [-0.05, 0) is 24.6 Å². The SMILES string of the molecule is NCCCC(=O)Cc1cccc(Cl)c1Cl. The quantitative estimate of drug-likeness (QED) is 0.868. The molecule has 0 fully saturated rings. The van der Waals surface area contributed by atoms with Crippen molar-refractivity contribution in [3.63, 3.8) is 0 Å². The van der Waals surface area contributed by atoms with E-state index < -0.39 is 0 Å². The first-order valence-electron chi connectivity index (χ1n) is 4.80. The van der Waals surface area contributed by atoms with Crippen molar-refractivity contribution in [1.82, 2.24) is 0 Å². The van der Waals surface area contributed by atoms with Crippen LogP contribution < -0.4 is 5.73 Å². The number of rotatable bonds is 5. The molecule has 15 heavy (non-hydrogen) atoms. The maximum absolute atomic E-state index is 11.5. The molecule has 0 aromatic heterocycles. The summed E-state index contributed by atoms with van der Waals surface area (Å²) in [5.74, 6) is 0.143. The zero-order chi connectivity index (χ0) is 11.3. The van der Waals surface area contributed by atoms with Crippen LogP contribution in [0.4, 0.5) is 0 Å². The van der Waals surface area contributed by atoms with Crippen LogP contribution >= 0.6 is 23.2 Å². The highest BCUT2D eigenvalue weighted by atomic mass is 35.5. The van der Waals surface area contributed by atoms with E-state index in [1.807, 2.05) is 6.07 Å². The minimum Gasteiger partial charge on any atom is -0.330 e. The van der Waals surface area contributed by atoms with Crippen LogP contribution in [0.1, 0.15) is 18.4 Å². The average molecular weight is 246 g/mol. The van der Waals surface area contributed by atoms with Gasteiger partial charge in [-0.15, -0.1) is 0 Å². The van der Waals surface area contributed by atoms with Crippen LogP contribution in [0.3, 0.4) is 0 Å². The maximum atomic E-state index is 11.5. The lowest BCUT2D eigenvalue weighted by atomic mass is 10.1. The minimum absolute atomic E-state index is 0.143. The Morgan fingerprint density at radius 3 is 2.73 bits per heavy atom. The van der Waals surface area contributed by atoms with E-state index in [0.717, 1.165) is 12.0 Å². The summed E-state index contributed by atoms with van der Waals surface area (Å²) in [6.45, 7) is 0.537. The molecule has 2 N–H and O–H groups in total. The Morgan fingerprint density at radius 2 is 2.07 bits per heavy atom. The summed E-state index contributed by atoms with van der Waals surface area (Å²) < 4.78 is 0. The summed E-state index contributed by atoms with van der Waals surface area (Å²) in [6, 6.07) is 5.31. The molecule has 1 aromatic carbocycles. The highest BCUT2D eigenvalue weighted by molar-refractivity contribution is 6.42. The fourth-order valence-electron chi connectivity index (χ4n) is 1.29. The molecule has 0 aliphatic rings. The van der Waals surface area contributed by atoms with Crippen molar-refractivity contribution in [1.29, 1.82) is 0 Å². The van der Waals surface area contributed by atoms with E-state index in [9.17, 15) is 4.79 Å². The van der Waals surface area contributed by atoms with Gasteiger partial charge in [0.15, 0.2) is 0 Å². The Labute approximate surface area is 99.4 Å². The summed E-state index contributed by atoms with van der Waals surface area (Å²) in [4.78, 5) is 11.5. The van der Waals surface area contributed by atoms with Gasteiger partial charge in [-0.25, -0.2) is 0 Å². The topological polar surface area (TPSA) is 43.1 Å². The second-order valence-electron chi connectivity index (χ2n) is 3.32. The third kappa shape index (κ3) is 3.82. The molecule has 1 aromatic rings. The predicted octanol–water partition coefficient (Wildman–Crippen LogP) is 2.84. The molecule has 0 spiro atoms. The number of ketones is 1. The van der Waals surface area contributed by atoms with Crippen LogP contribution in [0.5, 0.6) is 0 Å². The van der Waals surface area contributed by atoms with E-state index in [1.54, 1.807) is 12.1 Å². The van der Waals surface area contributed by atoms with E-state index in [0.29, 0.717) is 29.4 Å². The Morgan fingerprint density at radius 1 is 1.33 bits per heavy atom. The summed E-state index contributed by atoms with van der Waals surface area (Å²) >= 11 is 11.8. The predicted molar refractivity (Wildman–Crippen MR) is 63.5 cm³/mol. The summed E-state index contributed by atoms with van der Waals surface area (Å²) in [5.41, 5.74) is 6.11. The first kappa shape index (κ1) is 12.5. The molecule has 0 aliphatic heterocycles. The highest BCUT2D eigenvalue weighted by Gasteiger charge is 2.08. The number of hydrogen-bond donors (Lipinski definition) is 1. The van der Waals surface area contributed by atoms with E-state index in [4.69, 9.17) is 28.9 Å². The van der Waals surface area contributed by atoms with Crippen LogP contribution in [0.2, 0.25) is 10.0 Å². The molecular weight excluding hydrogens is 233 g/mol. The lowest BCUT2D eigenvalue weighted by Crippen LogP contribution is -2.07. The van der Waals surface area contributed by atoms with Crippen LogP contribution in [-0.4, -0.2) is 12.3 Å². The number of nitrogens with two attached hydrogens (primary N) is 1. The van der Waals surface area contributed by atoms with Crippen LogP contribution in [0, 0.1) is 0 Å². The number of halogens is 2. The first-order chi connectivity index (χ1) is 7.15. The van der Waals surface area contributed by atoms with Gasteiger partial charge in [0.1, 0.15) is 5.78 Å². The lowest BCUT2D eigenvalue weighted by Gasteiger charge is -2.04. The van der Waals surface area contributed by atoms with Gasteiger partial charge in [0.2, 0.25) is 0 Å². The van der Waals surface area contributed by atoms with Crippen molar-refractivity contribution < 1.29 is 4.79 Å². The van der Waals surface area contributed by atoms with Gasteiger partial charge < -0.3 is 5.73 Å². The molecule has 0 bridgehead atoms. The molecule has 0 amide bonds. The Kier molecular flexibility index (Phi) is 5.09. The van der Waals surface area contributed by atoms with Crippen molar-refractivity contribution in [2.75, 3.05) is 6.54 Å². The molecule has 2 nitrogen and oxygen atoms in total. The fourth-order valence-corrected chi connectivity index (χ4v) is 1.67. The lowest BCUT2D eigenvalue weighted by molar-refractivity contribution is -0.118. The van der Waals surface area contributed by atoms with Gasteiger partial charge in [-0.2, -0.15) is 0 Å². The maximum Gasteiger partial charge on any atom is 0.137 e. The fraction of sp³-hybridized carbons (Fsp3) is 0.364. The highest BCUT2D eigenvalue weighted by Crippen LogP contribution is 2.26. The number of Topliss-reactive ketones (excluding diaryl/α,β-unsaturated/α-hetero) is 1. The zero-order valence-corrected chi connectivity index (χ0v) is 9.81. The van der Waals surface area contributed by atoms with E-state index in [1.165, 1.54) is 0 Å². The van der Waals surface area contributed by atoms with Crippen molar-refractivity contribution in [2.45, 2.75) is 19.3 Å². The van der Waals surface area contributed by atoms with Gasteiger partial charge in [0, 0.05) is 12.8 Å². The number of carbonyl (C=O) groups excluding carboxylic acids is 1. The second-order valence-corrected chi connectivity index (χ2v) is 4.11. The Bertz CT molecular complexity index is 352. The van der Waals surface area contributed by atoms with Crippen molar-refractivity contribution in [2.24, 2.45) is 5.73 Å². The van der Waals surface area contributed by atoms with Crippen LogP contribution in [-0.2, 0) is 11.2 Å². The molecule has 82 valence electrons. The van der Waals surface area contributed by atoms with Gasteiger partial charge in [0.25, 0.3) is 0 Å². The summed E-state index contributed by atoms with van der Waals surface area (Å²) in [6.07, 6.45) is 1.55. The van der Waals surface area contributed by atoms with Gasteiger partial charge >= 0.3 is 0 Å². The third-order valence-corrected chi connectivity index (χ3v) is 2.94. The largest absolute Gasteiger partial charge is 0.330 e. The molecule has 0 heterocycles. The van der Waals surface area contributed by atoms with Gasteiger partial charge in [-0.1, -0.05) is 35.3 Å². The smallest absolute Gasteiger partial charge is 0.137 e. The Balaban J connectivity index is 2.64. The molecule has 0 saturated heterocycles.